The Morgan fingerprint density at radius 2 is 2.20 bits per heavy atom. The van der Waals surface area contributed by atoms with Crippen LogP contribution in [0, 0.1) is 5.92 Å². The minimum Gasteiger partial charge on any atom is -0.315 e. The number of halogens is 1. The molecule has 2 atom stereocenters. The maximum Gasteiger partial charge on any atom is 0.0258 e. The normalized spacial score (nSPS) is 39.3. The quantitative estimate of drug-likeness (QED) is 0.553. The number of likely N-dealkylation sites (tertiary alicyclic amines) is 1. The average Bonchev–Trinajstić information content (AvgIpc) is 2.35. The molecule has 2 nitrogen and oxygen atoms in total. The number of hydrogen-bond acceptors (Lipinski definition) is 2. The number of likely N-dealkylation sites (N-methyl/N-ethyl adjacent to an activating group) is 1. The highest BCUT2D eigenvalue weighted by atomic mass is 35.5. The van der Waals surface area contributed by atoms with Gasteiger partial charge in [0.25, 0.3) is 0 Å². The van der Waals surface area contributed by atoms with E-state index in [1.54, 1.807) is 0 Å². The molecule has 0 saturated carbocycles. The molecule has 0 aliphatic carbocycles. The summed E-state index contributed by atoms with van der Waals surface area (Å²) >= 11 is 0. The lowest BCUT2D eigenvalue weighted by Crippen LogP contribution is -2.30. The molecule has 2 aliphatic heterocycles. The van der Waals surface area contributed by atoms with Crippen LogP contribution in [0.15, 0.2) is 0 Å². The zero-order valence-corrected chi connectivity index (χ0v) is 7.16. The summed E-state index contributed by atoms with van der Waals surface area (Å²) in [5, 5.41) is 3.41. The summed E-state index contributed by atoms with van der Waals surface area (Å²) < 4.78 is 0. The van der Waals surface area contributed by atoms with E-state index in [0.717, 1.165) is 12.0 Å². The molecule has 2 saturated heterocycles. The molecule has 60 valence electrons. The molecule has 3 heteroatoms. The molecule has 0 aromatic carbocycles. The fourth-order valence-corrected chi connectivity index (χ4v) is 2.06. The minimum absolute atomic E-state index is 0. The monoisotopic (exact) mass is 162 g/mol. The van der Waals surface area contributed by atoms with E-state index < -0.39 is 0 Å². The molecule has 1 N–H and O–H groups in total. The largest absolute Gasteiger partial charge is 0.315 e. The lowest BCUT2D eigenvalue weighted by molar-refractivity contribution is 0.308. The Hall–Kier alpha value is 0.210. The standard InChI is InChI=1S/C7H14N2.ClH/c1-9-3-2-6-4-8-5-7(6)9;/h6-8H,2-5H2,1H3;1H/t6-,7+;/m0./s1. The van der Waals surface area contributed by atoms with Gasteiger partial charge in [-0.3, -0.25) is 0 Å². The first kappa shape index (κ1) is 8.31. The predicted molar refractivity (Wildman–Crippen MR) is 44.6 cm³/mol. The van der Waals surface area contributed by atoms with E-state index in [1.165, 1.54) is 26.1 Å². The highest BCUT2D eigenvalue weighted by Crippen LogP contribution is 2.24. The molecule has 2 aliphatic rings. The van der Waals surface area contributed by atoms with Crippen molar-refractivity contribution in [3.8, 4) is 0 Å². The molecule has 10 heavy (non-hydrogen) atoms. The van der Waals surface area contributed by atoms with Crippen molar-refractivity contribution >= 4 is 12.4 Å². The van der Waals surface area contributed by atoms with Crippen LogP contribution in [-0.2, 0) is 0 Å². The fraction of sp³-hybridized carbons (Fsp3) is 1.00. The maximum atomic E-state index is 3.41. The van der Waals surface area contributed by atoms with Gasteiger partial charge in [0.05, 0.1) is 0 Å². The van der Waals surface area contributed by atoms with E-state index in [-0.39, 0.29) is 12.4 Å². The fourth-order valence-electron chi connectivity index (χ4n) is 2.06. The van der Waals surface area contributed by atoms with E-state index in [9.17, 15) is 0 Å². The van der Waals surface area contributed by atoms with Crippen LogP contribution >= 0.6 is 12.4 Å². The van der Waals surface area contributed by atoms with Gasteiger partial charge in [0.15, 0.2) is 0 Å². The third-order valence-corrected chi connectivity index (χ3v) is 2.72. The van der Waals surface area contributed by atoms with E-state index in [2.05, 4.69) is 17.3 Å². The molecular formula is C7H15ClN2. The highest BCUT2D eigenvalue weighted by Gasteiger charge is 2.34. The Labute approximate surface area is 68.4 Å². The number of fused-ring (bicyclic) bond motifs is 1. The SMILES string of the molecule is CN1CC[C@H]2CNC[C@H]21.Cl. The molecule has 2 rings (SSSR count). The summed E-state index contributed by atoms with van der Waals surface area (Å²) in [5.41, 5.74) is 0. The van der Waals surface area contributed by atoms with Gasteiger partial charge >= 0.3 is 0 Å². The van der Waals surface area contributed by atoms with E-state index in [4.69, 9.17) is 0 Å². The molecular weight excluding hydrogens is 148 g/mol. The van der Waals surface area contributed by atoms with Crippen molar-refractivity contribution in [2.45, 2.75) is 12.5 Å². The second-order valence-electron chi connectivity index (χ2n) is 3.25. The summed E-state index contributed by atoms with van der Waals surface area (Å²) in [6.07, 6.45) is 1.41. The van der Waals surface area contributed by atoms with Crippen molar-refractivity contribution in [3.63, 3.8) is 0 Å². The third kappa shape index (κ3) is 1.16. The van der Waals surface area contributed by atoms with Crippen molar-refractivity contribution in [1.29, 1.82) is 0 Å². The van der Waals surface area contributed by atoms with Gasteiger partial charge in [0.2, 0.25) is 0 Å². The second kappa shape index (κ2) is 3.07. The summed E-state index contributed by atoms with van der Waals surface area (Å²) in [6.45, 7) is 3.80. The van der Waals surface area contributed by atoms with Gasteiger partial charge in [-0.05, 0) is 32.5 Å². The average molecular weight is 163 g/mol. The van der Waals surface area contributed by atoms with Crippen LogP contribution < -0.4 is 5.32 Å². The molecule has 0 radical (unpaired) electrons. The number of nitrogens with one attached hydrogen (secondary N) is 1. The van der Waals surface area contributed by atoms with Gasteiger partial charge < -0.3 is 10.2 Å². The highest BCUT2D eigenvalue weighted by molar-refractivity contribution is 5.85. The number of nitrogens with zero attached hydrogens (tertiary/aromatic N) is 1. The summed E-state index contributed by atoms with van der Waals surface area (Å²) in [5.74, 6) is 0.968. The van der Waals surface area contributed by atoms with Gasteiger partial charge in [-0.1, -0.05) is 0 Å². The summed E-state index contributed by atoms with van der Waals surface area (Å²) in [6, 6.07) is 0.866. The summed E-state index contributed by atoms with van der Waals surface area (Å²) in [7, 11) is 2.23. The van der Waals surface area contributed by atoms with E-state index >= 15 is 0 Å². The molecule has 0 bridgehead atoms. The first-order valence-corrected chi connectivity index (χ1v) is 3.79. The molecule has 0 unspecified atom stereocenters. The van der Waals surface area contributed by atoms with Crippen molar-refractivity contribution in [2.24, 2.45) is 5.92 Å². The molecule has 0 aromatic rings. The number of hydrogen-bond donors (Lipinski definition) is 1. The molecule has 2 fully saturated rings. The zero-order chi connectivity index (χ0) is 6.27. The van der Waals surface area contributed by atoms with Crippen LogP contribution in [0.1, 0.15) is 6.42 Å². The lowest BCUT2D eigenvalue weighted by atomic mass is 10.1. The predicted octanol–water partition coefficient (Wildman–Crippen LogP) is 0.332. The molecule has 2 heterocycles. The summed E-state index contributed by atoms with van der Waals surface area (Å²) in [4.78, 5) is 2.48. The Morgan fingerprint density at radius 3 is 2.90 bits per heavy atom. The van der Waals surface area contributed by atoms with Crippen LogP contribution in [0.3, 0.4) is 0 Å². The second-order valence-corrected chi connectivity index (χ2v) is 3.25. The molecule has 0 spiro atoms. The molecule has 0 aromatic heterocycles. The first-order valence-electron chi connectivity index (χ1n) is 3.79. The van der Waals surface area contributed by atoms with Gasteiger partial charge in [-0.25, -0.2) is 0 Å². The van der Waals surface area contributed by atoms with Gasteiger partial charge in [0, 0.05) is 12.6 Å². The zero-order valence-electron chi connectivity index (χ0n) is 6.34. The van der Waals surface area contributed by atoms with Crippen LogP contribution in [0.5, 0.6) is 0 Å². The first-order chi connectivity index (χ1) is 4.38. The van der Waals surface area contributed by atoms with Gasteiger partial charge in [0.1, 0.15) is 0 Å². The Balaban J connectivity index is 0.000000500. The van der Waals surface area contributed by atoms with Crippen molar-refractivity contribution in [1.82, 2.24) is 10.2 Å². The van der Waals surface area contributed by atoms with Crippen LogP contribution in [0.2, 0.25) is 0 Å². The Morgan fingerprint density at radius 1 is 1.40 bits per heavy atom. The van der Waals surface area contributed by atoms with Crippen LogP contribution in [0.25, 0.3) is 0 Å². The minimum atomic E-state index is 0. The van der Waals surface area contributed by atoms with Gasteiger partial charge in [-0.2, -0.15) is 0 Å². The van der Waals surface area contributed by atoms with Crippen molar-refractivity contribution < 1.29 is 0 Å². The maximum absolute atomic E-state index is 3.41. The van der Waals surface area contributed by atoms with E-state index in [1.807, 2.05) is 0 Å². The van der Waals surface area contributed by atoms with Crippen molar-refractivity contribution in [2.75, 3.05) is 26.7 Å². The topological polar surface area (TPSA) is 15.3 Å². The Kier molecular flexibility index (Phi) is 2.55. The van der Waals surface area contributed by atoms with Crippen LogP contribution in [0.4, 0.5) is 0 Å². The Bertz CT molecular complexity index is 118. The third-order valence-electron chi connectivity index (χ3n) is 2.72. The van der Waals surface area contributed by atoms with Gasteiger partial charge in [-0.15, -0.1) is 12.4 Å². The lowest BCUT2D eigenvalue weighted by Gasteiger charge is -2.16. The molecule has 0 amide bonds. The number of rotatable bonds is 0. The van der Waals surface area contributed by atoms with Crippen molar-refractivity contribution in [3.05, 3.63) is 0 Å². The van der Waals surface area contributed by atoms with E-state index in [0.29, 0.717) is 0 Å². The van der Waals surface area contributed by atoms with Crippen LogP contribution in [-0.4, -0.2) is 37.6 Å². The smallest absolute Gasteiger partial charge is 0.0258 e.